The fraction of sp³-hybridized carbons (Fsp3) is 0.0800. The van der Waals surface area contributed by atoms with E-state index in [1.165, 1.54) is 6.08 Å². The number of imide groups is 2. The minimum Gasteiger partial charge on any atom is -0.488 e. The first-order chi connectivity index (χ1) is 15.8. The van der Waals surface area contributed by atoms with Crippen molar-refractivity contribution in [3.63, 3.8) is 0 Å². The normalized spacial score (nSPS) is 15.1. The van der Waals surface area contributed by atoms with Gasteiger partial charge in [0.2, 0.25) is 0 Å². The molecule has 3 aromatic rings. The Balaban J connectivity index is 1.66. The zero-order valence-corrected chi connectivity index (χ0v) is 20.6. The van der Waals surface area contributed by atoms with Gasteiger partial charge < -0.3 is 4.74 Å². The highest BCUT2D eigenvalue weighted by atomic mass is 79.9. The number of hydrogen-bond donors (Lipinski definition) is 1. The number of carbonyl (C=O) groups excluding carboxylic acids is 3. The van der Waals surface area contributed by atoms with Crippen LogP contribution in [-0.2, 0) is 16.2 Å². The molecule has 1 aliphatic rings. The molecule has 0 bridgehead atoms. The molecule has 0 radical (unpaired) electrons. The summed E-state index contributed by atoms with van der Waals surface area (Å²) in [6.45, 7) is 2.33. The van der Waals surface area contributed by atoms with Gasteiger partial charge >= 0.3 is 6.03 Å². The van der Waals surface area contributed by atoms with Gasteiger partial charge in [-0.15, -0.1) is 0 Å². The van der Waals surface area contributed by atoms with Crippen molar-refractivity contribution in [3.05, 3.63) is 97.9 Å². The number of anilines is 1. The first kappa shape index (κ1) is 22.9. The molecule has 0 unspecified atom stereocenters. The van der Waals surface area contributed by atoms with Crippen LogP contribution in [0, 0.1) is 6.92 Å². The van der Waals surface area contributed by atoms with Gasteiger partial charge in [0.1, 0.15) is 17.9 Å². The minimum absolute atomic E-state index is 0.171. The standard InChI is InChI=1S/C25H18Br2N2O4/c1-15-2-4-16(5-3-15)14-33-22-11-8-19(27)12-17(22)13-21-23(30)28-25(32)29(24(21)31)20-9-6-18(26)7-10-20/h2-13H,14H2,1H3,(H,28,30,32)/b21-13+. The highest BCUT2D eigenvalue weighted by Gasteiger charge is 2.37. The van der Waals surface area contributed by atoms with Crippen LogP contribution in [0.4, 0.5) is 10.5 Å². The maximum absolute atomic E-state index is 13.2. The van der Waals surface area contributed by atoms with Crippen LogP contribution in [0.3, 0.4) is 0 Å². The lowest BCUT2D eigenvalue weighted by atomic mass is 10.1. The Morgan fingerprint density at radius 2 is 1.58 bits per heavy atom. The van der Waals surface area contributed by atoms with Gasteiger partial charge in [-0.2, -0.15) is 0 Å². The lowest BCUT2D eigenvalue weighted by Gasteiger charge is -2.26. The van der Waals surface area contributed by atoms with Gasteiger partial charge in [-0.1, -0.05) is 61.7 Å². The zero-order chi connectivity index (χ0) is 23.5. The van der Waals surface area contributed by atoms with Crippen LogP contribution in [0.2, 0.25) is 0 Å². The Kier molecular flexibility index (Phi) is 6.76. The fourth-order valence-corrected chi connectivity index (χ4v) is 3.89. The van der Waals surface area contributed by atoms with Crippen LogP contribution >= 0.6 is 31.9 Å². The number of amides is 4. The summed E-state index contributed by atoms with van der Waals surface area (Å²) in [6, 6.07) is 19.1. The van der Waals surface area contributed by atoms with Crippen LogP contribution in [-0.4, -0.2) is 17.8 Å². The summed E-state index contributed by atoms with van der Waals surface area (Å²) in [5, 5.41) is 2.24. The average Bonchev–Trinajstić information content (AvgIpc) is 2.78. The minimum atomic E-state index is -0.797. The highest BCUT2D eigenvalue weighted by molar-refractivity contribution is 9.10. The molecule has 0 aromatic heterocycles. The summed E-state index contributed by atoms with van der Waals surface area (Å²) < 4.78 is 7.53. The molecule has 166 valence electrons. The van der Waals surface area contributed by atoms with Crippen LogP contribution in [0.5, 0.6) is 5.75 Å². The quantitative estimate of drug-likeness (QED) is 0.313. The maximum atomic E-state index is 13.2. The Labute approximate surface area is 207 Å². The number of carbonyl (C=O) groups is 3. The van der Waals surface area contributed by atoms with E-state index in [1.807, 2.05) is 37.3 Å². The third-order valence-corrected chi connectivity index (χ3v) is 6.00. The molecule has 1 heterocycles. The van der Waals surface area contributed by atoms with E-state index >= 15 is 0 Å². The number of rotatable bonds is 5. The van der Waals surface area contributed by atoms with E-state index in [0.717, 1.165) is 25.0 Å². The lowest BCUT2D eigenvalue weighted by Crippen LogP contribution is -2.54. The molecule has 1 aliphatic heterocycles. The number of nitrogens with one attached hydrogen (secondary N) is 1. The second-order valence-corrected chi connectivity index (χ2v) is 9.22. The molecule has 33 heavy (non-hydrogen) atoms. The van der Waals surface area contributed by atoms with E-state index in [0.29, 0.717) is 23.6 Å². The first-order valence-electron chi connectivity index (χ1n) is 9.97. The number of barbiturate groups is 1. The van der Waals surface area contributed by atoms with Gasteiger partial charge in [-0.05, 0) is 61.0 Å². The molecule has 0 spiro atoms. The summed E-state index contributed by atoms with van der Waals surface area (Å²) in [7, 11) is 0. The molecule has 4 rings (SSSR count). The summed E-state index contributed by atoms with van der Waals surface area (Å²) in [5.41, 5.74) is 2.85. The molecule has 0 aliphatic carbocycles. The Bertz CT molecular complexity index is 1270. The molecule has 3 aromatic carbocycles. The molecule has 4 amide bonds. The molecular weight excluding hydrogens is 552 g/mol. The van der Waals surface area contributed by atoms with Crippen LogP contribution in [0.1, 0.15) is 16.7 Å². The summed E-state index contributed by atoms with van der Waals surface area (Å²) >= 11 is 6.75. The van der Waals surface area contributed by atoms with Gasteiger partial charge in [0.05, 0.1) is 5.69 Å². The summed E-state index contributed by atoms with van der Waals surface area (Å²) in [4.78, 5) is 39.0. The first-order valence-corrected chi connectivity index (χ1v) is 11.6. The zero-order valence-electron chi connectivity index (χ0n) is 17.5. The Morgan fingerprint density at radius 3 is 2.27 bits per heavy atom. The van der Waals surface area contributed by atoms with Crippen molar-refractivity contribution in [1.29, 1.82) is 0 Å². The van der Waals surface area contributed by atoms with E-state index in [9.17, 15) is 14.4 Å². The molecule has 1 fully saturated rings. The van der Waals surface area contributed by atoms with Crippen molar-refractivity contribution < 1.29 is 19.1 Å². The van der Waals surface area contributed by atoms with Crippen LogP contribution in [0.15, 0.2) is 81.2 Å². The predicted octanol–water partition coefficient (Wildman–Crippen LogP) is 5.77. The number of nitrogens with zero attached hydrogens (tertiary/aromatic N) is 1. The molecule has 1 N–H and O–H groups in total. The van der Waals surface area contributed by atoms with Crippen molar-refractivity contribution in [2.45, 2.75) is 13.5 Å². The number of urea groups is 1. The Morgan fingerprint density at radius 1 is 0.909 bits per heavy atom. The topological polar surface area (TPSA) is 75.7 Å². The van der Waals surface area contributed by atoms with E-state index in [2.05, 4.69) is 37.2 Å². The van der Waals surface area contributed by atoms with Crippen molar-refractivity contribution in [1.82, 2.24) is 5.32 Å². The van der Waals surface area contributed by atoms with E-state index in [4.69, 9.17) is 4.74 Å². The molecule has 0 saturated carbocycles. The Hall–Kier alpha value is -3.23. The second-order valence-electron chi connectivity index (χ2n) is 7.39. The number of benzene rings is 3. The molecular formula is C25H18Br2N2O4. The van der Waals surface area contributed by atoms with E-state index in [-0.39, 0.29) is 5.57 Å². The predicted molar refractivity (Wildman–Crippen MR) is 133 cm³/mol. The smallest absolute Gasteiger partial charge is 0.335 e. The van der Waals surface area contributed by atoms with Gasteiger partial charge in [-0.25, -0.2) is 9.69 Å². The van der Waals surface area contributed by atoms with Crippen molar-refractivity contribution in [3.8, 4) is 5.75 Å². The number of hydrogen-bond acceptors (Lipinski definition) is 4. The number of ether oxygens (including phenoxy) is 1. The monoisotopic (exact) mass is 568 g/mol. The molecule has 8 heteroatoms. The van der Waals surface area contributed by atoms with Crippen molar-refractivity contribution >= 4 is 61.5 Å². The third kappa shape index (κ3) is 5.23. The molecule has 1 saturated heterocycles. The third-order valence-electron chi connectivity index (χ3n) is 4.97. The van der Waals surface area contributed by atoms with E-state index < -0.39 is 17.8 Å². The van der Waals surface area contributed by atoms with Crippen LogP contribution in [0.25, 0.3) is 6.08 Å². The van der Waals surface area contributed by atoms with Crippen molar-refractivity contribution in [2.24, 2.45) is 0 Å². The highest BCUT2D eigenvalue weighted by Crippen LogP contribution is 2.29. The number of halogens is 2. The van der Waals surface area contributed by atoms with Gasteiger partial charge in [0.15, 0.2) is 0 Å². The largest absolute Gasteiger partial charge is 0.488 e. The summed E-state index contributed by atoms with van der Waals surface area (Å²) in [6.07, 6.45) is 1.44. The van der Waals surface area contributed by atoms with Gasteiger partial charge in [-0.3, -0.25) is 14.9 Å². The fourth-order valence-electron chi connectivity index (χ4n) is 3.25. The molecule has 0 atom stereocenters. The second kappa shape index (κ2) is 9.72. The maximum Gasteiger partial charge on any atom is 0.335 e. The molecule has 6 nitrogen and oxygen atoms in total. The average molecular weight is 570 g/mol. The van der Waals surface area contributed by atoms with Gasteiger partial charge in [0, 0.05) is 14.5 Å². The summed E-state index contributed by atoms with van der Waals surface area (Å²) in [5.74, 6) is -0.975. The van der Waals surface area contributed by atoms with Crippen LogP contribution < -0.4 is 15.0 Å². The van der Waals surface area contributed by atoms with Gasteiger partial charge in [0.25, 0.3) is 11.8 Å². The van der Waals surface area contributed by atoms with E-state index in [1.54, 1.807) is 36.4 Å². The number of aryl methyl sites for hydroxylation is 1. The lowest BCUT2D eigenvalue weighted by molar-refractivity contribution is -0.122. The SMILES string of the molecule is Cc1ccc(COc2ccc(Br)cc2/C=C2\C(=O)NC(=O)N(c3ccc(Br)cc3)C2=O)cc1. The van der Waals surface area contributed by atoms with Crippen molar-refractivity contribution in [2.75, 3.05) is 4.90 Å².